The second-order valence-corrected chi connectivity index (χ2v) is 6.25. The minimum absolute atomic E-state index is 0.0581. The van der Waals surface area contributed by atoms with E-state index in [-0.39, 0.29) is 17.7 Å². The Hall–Kier alpha value is -1.14. The second-order valence-electron chi connectivity index (χ2n) is 6.25. The first kappa shape index (κ1) is 14.8. The number of likely N-dealkylation sites (tertiary alicyclic amines) is 1. The zero-order valence-corrected chi connectivity index (χ0v) is 12.6. The van der Waals surface area contributed by atoms with Crippen molar-refractivity contribution in [3.8, 4) is 0 Å². The number of piperazine rings is 1. The van der Waals surface area contributed by atoms with Crippen molar-refractivity contribution in [1.29, 1.82) is 0 Å². The molecule has 3 fully saturated rings. The maximum Gasteiger partial charge on any atom is 0.236 e. The van der Waals surface area contributed by atoms with E-state index < -0.39 is 0 Å². The molecule has 0 N–H and O–H groups in total. The average molecular weight is 295 g/mol. The van der Waals surface area contributed by atoms with E-state index in [9.17, 15) is 9.59 Å². The molecule has 0 aromatic heterocycles. The Morgan fingerprint density at radius 1 is 0.952 bits per heavy atom. The van der Waals surface area contributed by atoms with Gasteiger partial charge in [0.1, 0.15) is 0 Å². The Bertz CT molecular complexity index is 382. The molecule has 0 unspecified atom stereocenters. The molecule has 0 radical (unpaired) electrons. The number of hydrogen-bond donors (Lipinski definition) is 0. The SMILES string of the molecule is O=C(CN1CCN(C(=O)[C@@H]2CCOC2)CC1)N1CCCC1. The lowest BCUT2D eigenvalue weighted by atomic mass is 10.1. The summed E-state index contributed by atoms with van der Waals surface area (Å²) in [4.78, 5) is 30.5. The van der Waals surface area contributed by atoms with Gasteiger partial charge in [0.05, 0.1) is 19.1 Å². The summed E-state index contributed by atoms with van der Waals surface area (Å²) in [6.45, 7) is 6.71. The fourth-order valence-electron chi connectivity index (χ4n) is 3.37. The van der Waals surface area contributed by atoms with Crippen LogP contribution in [0.15, 0.2) is 0 Å². The maximum atomic E-state index is 12.3. The van der Waals surface area contributed by atoms with Gasteiger partial charge >= 0.3 is 0 Å². The van der Waals surface area contributed by atoms with E-state index in [1.165, 1.54) is 0 Å². The third-order valence-corrected chi connectivity index (χ3v) is 4.78. The summed E-state index contributed by atoms with van der Waals surface area (Å²) in [6, 6.07) is 0. The van der Waals surface area contributed by atoms with Crippen LogP contribution in [0.1, 0.15) is 19.3 Å². The van der Waals surface area contributed by atoms with E-state index in [0.29, 0.717) is 19.8 Å². The monoisotopic (exact) mass is 295 g/mol. The van der Waals surface area contributed by atoms with Crippen molar-refractivity contribution in [3.05, 3.63) is 0 Å². The van der Waals surface area contributed by atoms with Gasteiger partial charge in [0, 0.05) is 45.9 Å². The van der Waals surface area contributed by atoms with Crippen molar-refractivity contribution in [2.75, 3.05) is 59.0 Å². The molecule has 1 atom stereocenters. The van der Waals surface area contributed by atoms with Gasteiger partial charge in [0.2, 0.25) is 11.8 Å². The third-order valence-electron chi connectivity index (χ3n) is 4.78. The number of amides is 2. The van der Waals surface area contributed by atoms with Crippen molar-refractivity contribution < 1.29 is 14.3 Å². The van der Waals surface area contributed by atoms with Gasteiger partial charge in [0.25, 0.3) is 0 Å². The number of ether oxygens (including phenoxy) is 1. The quantitative estimate of drug-likeness (QED) is 0.723. The Balaban J connectivity index is 1.42. The molecule has 0 spiro atoms. The molecule has 21 heavy (non-hydrogen) atoms. The van der Waals surface area contributed by atoms with Gasteiger partial charge in [-0.1, -0.05) is 0 Å². The molecule has 6 heteroatoms. The first-order valence-corrected chi connectivity index (χ1v) is 8.11. The summed E-state index contributed by atoms with van der Waals surface area (Å²) in [5.74, 6) is 0.539. The Labute approximate surface area is 126 Å². The van der Waals surface area contributed by atoms with Crippen LogP contribution >= 0.6 is 0 Å². The summed E-state index contributed by atoms with van der Waals surface area (Å²) in [5, 5.41) is 0. The highest BCUT2D eigenvalue weighted by molar-refractivity contribution is 5.80. The molecule has 0 aromatic rings. The Kier molecular flexibility index (Phi) is 4.75. The highest BCUT2D eigenvalue weighted by atomic mass is 16.5. The predicted octanol–water partition coefficient (Wildman–Crippen LogP) is -0.210. The summed E-state index contributed by atoms with van der Waals surface area (Å²) < 4.78 is 5.29. The summed E-state index contributed by atoms with van der Waals surface area (Å²) >= 11 is 0. The predicted molar refractivity (Wildman–Crippen MR) is 77.8 cm³/mol. The number of nitrogens with zero attached hydrogens (tertiary/aromatic N) is 3. The van der Waals surface area contributed by atoms with Gasteiger partial charge in [-0.05, 0) is 19.3 Å². The van der Waals surface area contributed by atoms with E-state index in [4.69, 9.17) is 4.74 Å². The van der Waals surface area contributed by atoms with E-state index in [1.807, 2.05) is 9.80 Å². The van der Waals surface area contributed by atoms with Crippen LogP contribution in [0.25, 0.3) is 0 Å². The van der Waals surface area contributed by atoms with Gasteiger partial charge in [-0.2, -0.15) is 0 Å². The number of rotatable bonds is 3. The molecule has 6 nitrogen and oxygen atoms in total. The van der Waals surface area contributed by atoms with Crippen LogP contribution in [0.5, 0.6) is 0 Å². The highest BCUT2D eigenvalue weighted by Gasteiger charge is 2.30. The first-order valence-electron chi connectivity index (χ1n) is 8.11. The number of carbonyl (C=O) groups is 2. The normalized spacial score (nSPS) is 27.3. The molecule has 0 saturated carbocycles. The zero-order chi connectivity index (χ0) is 14.7. The minimum Gasteiger partial charge on any atom is -0.381 e. The number of carbonyl (C=O) groups excluding carboxylic acids is 2. The first-order chi connectivity index (χ1) is 10.2. The van der Waals surface area contributed by atoms with Crippen LogP contribution in [0.3, 0.4) is 0 Å². The highest BCUT2D eigenvalue weighted by Crippen LogP contribution is 2.17. The molecule has 0 aliphatic carbocycles. The van der Waals surface area contributed by atoms with Crippen molar-refractivity contribution in [2.45, 2.75) is 19.3 Å². The van der Waals surface area contributed by atoms with Crippen molar-refractivity contribution in [2.24, 2.45) is 5.92 Å². The molecule has 118 valence electrons. The van der Waals surface area contributed by atoms with Gasteiger partial charge in [-0.15, -0.1) is 0 Å². The van der Waals surface area contributed by atoms with Crippen molar-refractivity contribution in [3.63, 3.8) is 0 Å². The van der Waals surface area contributed by atoms with E-state index in [0.717, 1.165) is 58.5 Å². The standard InChI is InChI=1S/C15H25N3O3/c19-14(17-4-1-2-5-17)11-16-6-8-18(9-7-16)15(20)13-3-10-21-12-13/h13H,1-12H2/t13-/m1/s1. The van der Waals surface area contributed by atoms with Crippen LogP contribution in [0, 0.1) is 5.92 Å². The Morgan fingerprint density at radius 3 is 2.29 bits per heavy atom. The van der Waals surface area contributed by atoms with Gasteiger partial charge in [-0.25, -0.2) is 0 Å². The Morgan fingerprint density at radius 2 is 1.67 bits per heavy atom. The molecule has 3 rings (SSSR count). The van der Waals surface area contributed by atoms with Crippen molar-refractivity contribution >= 4 is 11.8 Å². The molecule has 3 aliphatic heterocycles. The van der Waals surface area contributed by atoms with Crippen LogP contribution in [-0.2, 0) is 14.3 Å². The van der Waals surface area contributed by atoms with Crippen LogP contribution < -0.4 is 0 Å². The molecule has 0 bridgehead atoms. The second kappa shape index (κ2) is 6.75. The molecular weight excluding hydrogens is 270 g/mol. The van der Waals surface area contributed by atoms with E-state index in [1.54, 1.807) is 0 Å². The lowest BCUT2D eigenvalue weighted by molar-refractivity contribution is -0.138. The zero-order valence-electron chi connectivity index (χ0n) is 12.6. The van der Waals surface area contributed by atoms with Gasteiger partial charge < -0.3 is 14.5 Å². The summed E-state index contributed by atoms with van der Waals surface area (Å²) in [5.41, 5.74) is 0. The van der Waals surface area contributed by atoms with Gasteiger partial charge in [0.15, 0.2) is 0 Å². The molecule has 3 heterocycles. The average Bonchev–Trinajstić information content (AvgIpc) is 3.20. The van der Waals surface area contributed by atoms with E-state index >= 15 is 0 Å². The van der Waals surface area contributed by atoms with Crippen LogP contribution in [0.2, 0.25) is 0 Å². The fourth-order valence-corrected chi connectivity index (χ4v) is 3.37. The molecule has 0 aromatic carbocycles. The van der Waals surface area contributed by atoms with Gasteiger partial charge in [-0.3, -0.25) is 14.5 Å². The molecule has 2 amide bonds. The largest absolute Gasteiger partial charge is 0.381 e. The molecular formula is C15H25N3O3. The fraction of sp³-hybridized carbons (Fsp3) is 0.867. The van der Waals surface area contributed by atoms with Crippen LogP contribution in [-0.4, -0.2) is 85.5 Å². The number of hydrogen-bond acceptors (Lipinski definition) is 4. The summed E-state index contributed by atoms with van der Waals surface area (Å²) in [7, 11) is 0. The van der Waals surface area contributed by atoms with Crippen molar-refractivity contribution in [1.82, 2.24) is 14.7 Å². The third kappa shape index (κ3) is 3.55. The minimum atomic E-state index is 0.0581. The topological polar surface area (TPSA) is 53.1 Å². The maximum absolute atomic E-state index is 12.3. The van der Waals surface area contributed by atoms with E-state index in [2.05, 4.69) is 4.90 Å². The molecule has 3 saturated heterocycles. The molecule has 3 aliphatic rings. The summed E-state index contributed by atoms with van der Waals surface area (Å²) in [6.07, 6.45) is 3.13. The van der Waals surface area contributed by atoms with Crippen LogP contribution in [0.4, 0.5) is 0 Å². The lowest BCUT2D eigenvalue weighted by Crippen LogP contribution is -2.52. The smallest absolute Gasteiger partial charge is 0.236 e. The lowest BCUT2D eigenvalue weighted by Gasteiger charge is -2.36.